The molecule has 0 aliphatic heterocycles. The van der Waals surface area contributed by atoms with Crippen LogP contribution in [0.2, 0.25) is 5.02 Å². The third kappa shape index (κ3) is 3.17. The molecule has 0 spiro atoms. The van der Waals surface area contributed by atoms with Crippen LogP contribution in [0.15, 0.2) is 59.8 Å². The van der Waals surface area contributed by atoms with Crippen LogP contribution in [0.4, 0.5) is 5.69 Å². The van der Waals surface area contributed by atoms with Gasteiger partial charge in [0.15, 0.2) is 0 Å². The van der Waals surface area contributed by atoms with Crippen LogP contribution in [-0.4, -0.2) is 15.7 Å². The average molecular weight is 297 g/mol. The third-order valence-electron chi connectivity index (χ3n) is 3.02. The fraction of sp³-hybridized carbons (Fsp3) is 0.0625. The Balaban J connectivity index is 1.83. The van der Waals surface area contributed by atoms with Gasteiger partial charge in [-0.25, -0.2) is 4.98 Å². The van der Waals surface area contributed by atoms with E-state index in [1.807, 2.05) is 55.5 Å². The van der Waals surface area contributed by atoms with Crippen LogP contribution in [0.3, 0.4) is 0 Å². The highest BCUT2D eigenvalue weighted by molar-refractivity contribution is 6.30. The molecule has 0 aliphatic rings. The van der Waals surface area contributed by atoms with Crippen molar-refractivity contribution in [3.63, 3.8) is 0 Å². The molecule has 0 aliphatic carbocycles. The van der Waals surface area contributed by atoms with E-state index in [0.717, 1.165) is 28.1 Å². The predicted molar refractivity (Wildman–Crippen MR) is 86.8 cm³/mol. The van der Waals surface area contributed by atoms with Crippen molar-refractivity contribution < 1.29 is 0 Å². The Morgan fingerprint density at radius 1 is 1.05 bits per heavy atom. The molecule has 104 valence electrons. The number of rotatable bonds is 3. The fourth-order valence-electron chi connectivity index (χ4n) is 1.86. The first-order valence-corrected chi connectivity index (χ1v) is 6.88. The molecular weight excluding hydrogens is 284 g/mol. The number of hydrogen-bond acceptors (Lipinski definition) is 4. The molecule has 3 aromatic rings. The zero-order chi connectivity index (χ0) is 14.7. The number of nitrogens with one attached hydrogen (secondary N) is 1. The molecule has 3 rings (SSSR count). The lowest BCUT2D eigenvalue weighted by molar-refractivity contribution is 1.23. The summed E-state index contributed by atoms with van der Waals surface area (Å²) in [5.74, 6) is 0. The number of nitrogens with zero attached hydrogens (tertiary/aromatic N) is 3. The Morgan fingerprint density at radius 3 is 2.52 bits per heavy atom. The van der Waals surface area contributed by atoms with Gasteiger partial charge in [-0.1, -0.05) is 23.7 Å². The molecule has 4 nitrogen and oxygen atoms in total. The van der Waals surface area contributed by atoms with Gasteiger partial charge in [-0.05, 0) is 43.3 Å². The van der Waals surface area contributed by atoms with Gasteiger partial charge >= 0.3 is 0 Å². The van der Waals surface area contributed by atoms with Gasteiger partial charge < -0.3 is 0 Å². The van der Waals surface area contributed by atoms with Crippen molar-refractivity contribution in [1.29, 1.82) is 0 Å². The molecule has 0 saturated heterocycles. The smallest absolute Gasteiger partial charge is 0.105 e. The summed E-state index contributed by atoms with van der Waals surface area (Å²) >= 11 is 5.84. The summed E-state index contributed by atoms with van der Waals surface area (Å²) in [6.45, 7) is 1.89. The summed E-state index contributed by atoms with van der Waals surface area (Å²) in [7, 11) is 0. The molecule has 0 bridgehead atoms. The van der Waals surface area contributed by atoms with Crippen LogP contribution in [0.25, 0.3) is 11.0 Å². The molecule has 0 amide bonds. The van der Waals surface area contributed by atoms with E-state index >= 15 is 0 Å². The highest BCUT2D eigenvalue weighted by atomic mass is 35.5. The Morgan fingerprint density at radius 2 is 1.76 bits per heavy atom. The number of benzene rings is 2. The van der Waals surface area contributed by atoms with Gasteiger partial charge in [0, 0.05) is 5.02 Å². The van der Waals surface area contributed by atoms with E-state index in [9.17, 15) is 0 Å². The second kappa shape index (κ2) is 5.89. The Labute approximate surface area is 127 Å². The summed E-state index contributed by atoms with van der Waals surface area (Å²) < 4.78 is 0. The minimum Gasteiger partial charge on any atom is -0.278 e. The van der Waals surface area contributed by atoms with Gasteiger partial charge in [-0.2, -0.15) is 5.10 Å². The summed E-state index contributed by atoms with van der Waals surface area (Å²) in [4.78, 5) is 8.93. The van der Waals surface area contributed by atoms with E-state index in [1.54, 1.807) is 6.20 Å². The topological polar surface area (TPSA) is 50.2 Å². The van der Waals surface area contributed by atoms with Crippen molar-refractivity contribution in [2.24, 2.45) is 5.10 Å². The number of hydrogen-bond donors (Lipinski definition) is 1. The van der Waals surface area contributed by atoms with E-state index in [-0.39, 0.29) is 0 Å². The highest BCUT2D eigenvalue weighted by Gasteiger charge is 2.02. The third-order valence-corrected chi connectivity index (χ3v) is 3.27. The Kier molecular flexibility index (Phi) is 3.79. The van der Waals surface area contributed by atoms with Gasteiger partial charge in [0.25, 0.3) is 0 Å². The van der Waals surface area contributed by atoms with Crippen molar-refractivity contribution >= 4 is 34.0 Å². The Bertz CT molecular complexity index is 797. The number of fused-ring (bicyclic) bond motifs is 1. The standard InChI is InChI=1S/C16H13ClN4/c1-11(20-21-13-8-6-12(17)7-9-13)16-10-18-14-4-2-3-5-15(14)19-16/h2-10,21H,1H3/b20-11-. The fourth-order valence-corrected chi connectivity index (χ4v) is 1.99. The Hall–Kier alpha value is -2.46. The van der Waals surface area contributed by atoms with Gasteiger partial charge in [0.1, 0.15) is 5.69 Å². The molecule has 5 heteroatoms. The maximum atomic E-state index is 5.84. The van der Waals surface area contributed by atoms with Crippen LogP contribution in [0, 0.1) is 0 Å². The molecule has 21 heavy (non-hydrogen) atoms. The molecule has 0 saturated carbocycles. The first-order valence-electron chi connectivity index (χ1n) is 6.50. The van der Waals surface area contributed by atoms with E-state index in [0.29, 0.717) is 5.02 Å². The summed E-state index contributed by atoms with van der Waals surface area (Å²) in [5, 5.41) is 5.02. The van der Waals surface area contributed by atoms with Crippen molar-refractivity contribution in [1.82, 2.24) is 9.97 Å². The van der Waals surface area contributed by atoms with E-state index < -0.39 is 0 Å². The zero-order valence-electron chi connectivity index (χ0n) is 11.4. The maximum Gasteiger partial charge on any atom is 0.105 e. The molecule has 0 fully saturated rings. The largest absolute Gasteiger partial charge is 0.278 e. The molecule has 1 aromatic heterocycles. The number of hydrazone groups is 1. The van der Waals surface area contributed by atoms with Crippen molar-refractivity contribution in [2.45, 2.75) is 6.92 Å². The average Bonchev–Trinajstić information content (AvgIpc) is 2.53. The van der Waals surface area contributed by atoms with E-state index in [4.69, 9.17) is 11.6 Å². The molecule has 1 heterocycles. The van der Waals surface area contributed by atoms with Crippen molar-refractivity contribution in [3.05, 3.63) is 65.4 Å². The van der Waals surface area contributed by atoms with Crippen molar-refractivity contribution in [3.8, 4) is 0 Å². The summed E-state index contributed by atoms with van der Waals surface area (Å²) in [6, 6.07) is 15.1. The quantitative estimate of drug-likeness (QED) is 0.584. The van der Waals surface area contributed by atoms with Crippen LogP contribution in [-0.2, 0) is 0 Å². The number of halogens is 1. The SMILES string of the molecule is C/C(=N/Nc1ccc(Cl)cc1)c1cnc2ccccc2n1. The molecule has 0 atom stereocenters. The highest BCUT2D eigenvalue weighted by Crippen LogP contribution is 2.14. The van der Waals surface area contributed by atoms with Crippen LogP contribution in [0.5, 0.6) is 0 Å². The second-order valence-electron chi connectivity index (χ2n) is 4.56. The number of aromatic nitrogens is 2. The summed E-state index contributed by atoms with van der Waals surface area (Å²) in [5.41, 5.74) is 7.09. The van der Waals surface area contributed by atoms with Gasteiger partial charge in [-0.3, -0.25) is 10.4 Å². The second-order valence-corrected chi connectivity index (χ2v) is 5.00. The monoisotopic (exact) mass is 296 g/mol. The van der Waals surface area contributed by atoms with Gasteiger partial charge in [0.05, 0.1) is 28.6 Å². The lowest BCUT2D eigenvalue weighted by Gasteiger charge is -2.04. The number of anilines is 1. The van der Waals surface area contributed by atoms with Crippen LogP contribution in [0.1, 0.15) is 12.6 Å². The van der Waals surface area contributed by atoms with Gasteiger partial charge in [-0.15, -0.1) is 0 Å². The molecular formula is C16H13ClN4. The van der Waals surface area contributed by atoms with Gasteiger partial charge in [0.2, 0.25) is 0 Å². The van der Waals surface area contributed by atoms with Crippen LogP contribution >= 0.6 is 11.6 Å². The lowest BCUT2D eigenvalue weighted by atomic mass is 10.2. The normalized spacial score (nSPS) is 11.6. The molecule has 2 aromatic carbocycles. The minimum atomic E-state index is 0.696. The number of para-hydroxylation sites is 2. The van der Waals surface area contributed by atoms with Crippen LogP contribution < -0.4 is 5.43 Å². The zero-order valence-corrected chi connectivity index (χ0v) is 12.2. The van der Waals surface area contributed by atoms with E-state index in [2.05, 4.69) is 20.5 Å². The maximum absolute atomic E-state index is 5.84. The molecule has 1 N–H and O–H groups in total. The minimum absolute atomic E-state index is 0.696. The predicted octanol–water partition coefficient (Wildman–Crippen LogP) is 4.12. The first-order chi connectivity index (χ1) is 10.2. The van der Waals surface area contributed by atoms with Crippen molar-refractivity contribution in [2.75, 3.05) is 5.43 Å². The lowest BCUT2D eigenvalue weighted by Crippen LogP contribution is -2.03. The molecule has 0 radical (unpaired) electrons. The van der Waals surface area contributed by atoms with E-state index in [1.165, 1.54) is 0 Å². The summed E-state index contributed by atoms with van der Waals surface area (Å²) in [6.07, 6.45) is 1.73. The molecule has 0 unspecified atom stereocenters. The first kappa shape index (κ1) is 13.5.